The number of rotatable bonds is 2. The second-order valence-electron chi connectivity index (χ2n) is 4.12. The summed E-state index contributed by atoms with van der Waals surface area (Å²) in [5.41, 5.74) is 0. The second-order valence-corrected chi connectivity index (χ2v) is 8.59. The predicted octanol–water partition coefficient (Wildman–Crippen LogP) is 3.36. The fourth-order valence-electron chi connectivity index (χ4n) is 1.89. The Morgan fingerprint density at radius 2 is 2.23 bits per heavy atom. The minimum Gasteiger partial charge on any atom is -0.0808 e. The maximum atomic E-state index is 2.43. The minimum atomic E-state index is -1.30. The van der Waals surface area contributed by atoms with Gasteiger partial charge in [-0.15, -0.1) is 0 Å². The van der Waals surface area contributed by atoms with Crippen LogP contribution in [0.1, 0.15) is 6.42 Å². The van der Waals surface area contributed by atoms with Crippen molar-refractivity contribution in [2.24, 2.45) is 0 Å². The molecule has 0 saturated carbocycles. The monoisotopic (exact) mass is 187 g/mol. The third-order valence-electron chi connectivity index (χ3n) is 2.96. The number of hydrogen-bond donors (Lipinski definition) is 0. The van der Waals surface area contributed by atoms with E-state index < -0.39 is 8.07 Å². The zero-order chi connectivity index (χ0) is 9.31. The van der Waals surface area contributed by atoms with E-state index in [1.54, 1.807) is 10.4 Å². The van der Waals surface area contributed by atoms with Crippen molar-refractivity contribution in [3.63, 3.8) is 0 Å². The summed E-state index contributed by atoms with van der Waals surface area (Å²) in [7, 11) is -1.30. The van der Waals surface area contributed by atoms with Crippen LogP contribution in [0.2, 0.25) is 13.1 Å². The quantitative estimate of drug-likeness (QED) is 0.459. The summed E-state index contributed by atoms with van der Waals surface area (Å²) in [5, 5.41) is 3.21. The van der Waals surface area contributed by atoms with Gasteiger partial charge in [0, 0.05) is 6.42 Å². The summed E-state index contributed by atoms with van der Waals surface area (Å²) in [6.45, 7) is 4.86. The second kappa shape index (κ2) is 3.07. The molecule has 0 heterocycles. The van der Waals surface area contributed by atoms with Crippen LogP contribution in [0.15, 0.2) is 46.8 Å². The van der Waals surface area contributed by atoms with Crippen LogP contribution in [0, 0.1) is 6.42 Å². The molecule has 2 rings (SSSR count). The zero-order valence-electron chi connectivity index (χ0n) is 8.25. The predicted molar refractivity (Wildman–Crippen MR) is 60.8 cm³/mol. The van der Waals surface area contributed by atoms with Crippen LogP contribution in [-0.4, -0.2) is 8.07 Å². The first-order valence-corrected chi connectivity index (χ1v) is 7.79. The molecule has 13 heavy (non-hydrogen) atoms. The SMILES string of the molecule is C[Si](C)(C1=C[CH+]C=C1)C1=CC=CC1. The van der Waals surface area contributed by atoms with Gasteiger partial charge in [0.15, 0.2) is 8.07 Å². The Bertz CT molecular complexity index is 327. The largest absolute Gasteiger partial charge is 0.190 e. The van der Waals surface area contributed by atoms with Crippen molar-refractivity contribution in [1.82, 2.24) is 0 Å². The van der Waals surface area contributed by atoms with E-state index in [9.17, 15) is 0 Å². The maximum absolute atomic E-state index is 2.43. The molecule has 0 aliphatic heterocycles. The molecule has 0 fully saturated rings. The highest BCUT2D eigenvalue weighted by atomic mass is 28.3. The lowest BCUT2D eigenvalue weighted by atomic mass is 10.5. The summed E-state index contributed by atoms with van der Waals surface area (Å²) in [4.78, 5) is 0. The molecule has 0 aromatic rings. The van der Waals surface area contributed by atoms with Crippen molar-refractivity contribution in [1.29, 1.82) is 0 Å². The van der Waals surface area contributed by atoms with Gasteiger partial charge in [-0.2, -0.15) is 0 Å². The lowest BCUT2D eigenvalue weighted by Gasteiger charge is -2.18. The van der Waals surface area contributed by atoms with Gasteiger partial charge >= 0.3 is 0 Å². The maximum Gasteiger partial charge on any atom is 0.190 e. The van der Waals surface area contributed by atoms with E-state index in [-0.39, 0.29) is 0 Å². The van der Waals surface area contributed by atoms with Crippen molar-refractivity contribution < 1.29 is 0 Å². The Labute approximate surface area is 81.4 Å². The van der Waals surface area contributed by atoms with Crippen molar-refractivity contribution in [3.8, 4) is 0 Å². The average molecular weight is 187 g/mol. The highest BCUT2D eigenvalue weighted by molar-refractivity contribution is 6.91. The van der Waals surface area contributed by atoms with Crippen molar-refractivity contribution in [2.75, 3.05) is 0 Å². The smallest absolute Gasteiger partial charge is 0.0808 e. The van der Waals surface area contributed by atoms with E-state index in [1.807, 2.05) is 0 Å². The molecule has 0 N–H and O–H groups in total. The van der Waals surface area contributed by atoms with Crippen LogP contribution in [-0.2, 0) is 0 Å². The topological polar surface area (TPSA) is 0 Å². The third-order valence-corrected chi connectivity index (χ3v) is 6.71. The highest BCUT2D eigenvalue weighted by Crippen LogP contribution is 2.31. The van der Waals surface area contributed by atoms with E-state index in [2.05, 4.69) is 56.0 Å². The van der Waals surface area contributed by atoms with Crippen LogP contribution in [0.25, 0.3) is 0 Å². The van der Waals surface area contributed by atoms with Gasteiger partial charge in [-0.3, -0.25) is 0 Å². The molecule has 0 aromatic carbocycles. The van der Waals surface area contributed by atoms with Gasteiger partial charge in [0.25, 0.3) is 0 Å². The molecule has 2 aliphatic carbocycles. The first-order valence-electron chi connectivity index (χ1n) is 4.79. The summed E-state index contributed by atoms with van der Waals surface area (Å²) in [6.07, 6.45) is 16.8. The van der Waals surface area contributed by atoms with Crippen molar-refractivity contribution in [3.05, 3.63) is 53.3 Å². The molecule has 0 unspecified atom stereocenters. The van der Waals surface area contributed by atoms with Crippen LogP contribution >= 0.6 is 0 Å². The Morgan fingerprint density at radius 3 is 2.77 bits per heavy atom. The Hall–Kier alpha value is -0.953. The molecule has 0 aromatic heterocycles. The Kier molecular flexibility index (Phi) is 2.04. The standard InChI is InChI=1S/C12H15Si/c1-13(2,11-7-3-4-8-11)12-9-5-6-10-12/h3-9H,10H2,1-2H3/q+1. The van der Waals surface area contributed by atoms with Gasteiger partial charge < -0.3 is 0 Å². The first kappa shape index (κ1) is 8.64. The number of allylic oxidation sites excluding steroid dienone is 8. The normalized spacial score (nSPS) is 20.2. The summed E-state index contributed by atoms with van der Waals surface area (Å²) < 4.78 is 0. The lowest BCUT2D eigenvalue weighted by molar-refractivity contribution is 1.35. The molecule has 0 saturated heterocycles. The van der Waals surface area contributed by atoms with Crippen LogP contribution in [0.3, 0.4) is 0 Å². The molecule has 2 aliphatic rings. The van der Waals surface area contributed by atoms with E-state index in [0.717, 1.165) is 0 Å². The van der Waals surface area contributed by atoms with Gasteiger partial charge in [-0.25, -0.2) is 0 Å². The van der Waals surface area contributed by atoms with Crippen LogP contribution < -0.4 is 0 Å². The lowest BCUT2D eigenvalue weighted by Crippen LogP contribution is -2.30. The molecule has 0 amide bonds. The Balaban J connectivity index is 2.24. The summed E-state index contributed by atoms with van der Waals surface area (Å²) in [5.74, 6) is 0. The van der Waals surface area contributed by atoms with Gasteiger partial charge in [0.2, 0.25) is 0 Å². The van der Waals surface area contributed by atoms with Gasteiger partial charge in [-0.1, -0.05) is 23.4 Å². The van der Waals surface area contributed by atoms with Gasteiger partial charge in [0.1, 0.15) is 0 Å². The molecule has 0 atom stereocenters. The molecule has 0 spiro atoms. The van der Waals surface area contributed by atoms with E-state index in [4.69, 9.17) is 0 Å². The Morgan fingerprint density at radius 1 is 1.38 bits per heavy atom. The summed E-state index contributed by atoms with van der Waals surface area (Å²) >= 11 is 0. The average Bonchev–Trinajstić information content (AvgIpc) is 2.78. The van der Waals surface area contributed by atoms with E-state index >= 15 is 0 Å². The van der Waals surface area contributed by atoms with Gasteiger partial charge in [-0.05, 0) is 19.5 Å². The first-order chi connectivity index (χ1) is 6.21. The summed E-state index contributed by atoms with van der Waals surface area (Å²) in [6, 6.07) is 0. The third kappa shape index (κ3) is 1.44. The molecular weight excluding hydrogens is 172 g/mol. The minimum absolute atomic E-state index is 1.17. The molecule has 1 heteroatoms. The molecule has 0 nitrogen and oxygen atoms in total. The van der Waals surface area contributed by atoms with Crippen LogP contribution in [0.5, 0.6) is 0 Å². The highest BCUT2D eigenvalue weighted by Gasteiger charge is 2.36. The van der Waals surface area contributed by atoms with Crippen molar-refractivity contribution in [2.45, 2.75) is 19.5 Å². The van der Waals surface area contributed by atoms with E-state index in [0.29, 0.717) is 0 Å². The fourth-order valence-corrected chi connectivity index (χ4v) is 4.42. The molecule has 0 bridgehead atoms. The van der Waals surface area contributed by atoms with Crippen LogP contribution in [0.4, 0.5) is 0 Å². The van der Waals surface area contributed by atoms with E-state index in [1.165, 1.54) is 6.42 Å². The number of hydrogen-bond acceptors (Lipinski definition) is 0. The molecule has 0 radical (unpaired) electrons. The fraction of sp³-hybridized carbons (Fsp3) is 0.250. The zero-order valence-corrected chi connectivity index (χ0v) is 9.25. The van der Waals surface area contributed by atoms with Crippen molar-refractivity contribution >= 4 is 8.07 Å². The molecule has 66 valence electrons. The molecular formula is C12H15Si+. The van der Waals surface area contributed by atoms with Gasteiger partial charge in [0.05, 0.1) is 23.4 Å².